The predicted molar refractivity (Wildman–Crippen MR) is 110 cm³/mol. The van der Waals surface area contributed by atoms with Gasteiger partial charge in [0.2, 0.25) is 11.8 Å². The third kappa shape index (κ3) is 2.22. The highest BCUT2D eigenvalue weighted by Gasteiger charge is 2.70. The van der Waals surface area contributed by atoms with Crippen LogP contribution in [0.25, 0.3) is 0 Å². The van der Waals surface area contributed by atoms with Crippen LogP contribution in [0.3, 0.4) is 0 Å². The second kappa shape index (κ2) is 6.17. The number of benzene rings is 2. The predicted octanol–water partition coefficient (Wildman–Crippen LogP) is 3.18. The Kier molecular flexibility index (Phi) is 3.64. The van der Waals surface area contributed by atoms with E-state index >= 15 is 0 Å². The highest BCUT2D eigenvalue weighted by Crippen LogP contribution is 2.62. The summed E-state index contributed by atoms with van der Waals surface area (Å²) >= 11 is 0. The Labute approximate surface area is 174 Å². The van der Waals surface area contributed by atoms with Crippen molar-refractivity contribution in [2.24, 2.45) is 34.7 Å². The van der Waals surface area contributed by atoms with E-state index in [2.05, 4.69) is 36.3 Å². The van der Waals surface area contributed by atoms with Gasteiger partial charge in [0, 0.05) is 11.8 Å². The number of nitrogens with zero attached hydrogens (tertiary/aromatic N) is 2. The van der Waals surface area contributed by atoms with Gasteiger partial charge in [-0.25, -0.2) is 0 Å². The summed E-state index contributed by atoms with van der Waals surface area (Å²) in [5.74, 6) is 0.113. The summed E-state index contributed by atoms with van der Waals surface area (Å²) in [5.41, 5.74) is 3.77. The number of fused-ring (bicyclic) bond motifs is 8. The average molecular weight is 402 g/mol. The zero-order valence-corrected chi connectivity index (χ0v) is 16.8. The molecule has 6 nitrogen and oxygen atoms in total. The van der Waals surface area contributed by atoms with Crippen molar-refractivity contribution in [2.45, 2.75) is 19.4 Å². The Morgan fingerprint density at radius 2 is 1.60 bits per heavy atom. The SMILES string of the molecule is COc1ccc(N2C(=O)[C@@H]3[C@H]4C[C@@H]([C@@H]5ON=C(c6ccc(C)cc6)[C@@H]45)[C@H]3C2=O)cc1. The molecule has 30 heavy (non-hydrogen) atoms. The normalized spacial score (nSPS) is 33.4. The highest BCUT2D eigenvalue weighted by atomic mass is 16.6. The lowest BCUT2D eigenvalue weighted by Crippen LogP contribution is -2.41. The van der Waals surface area contributed by atoms with Crippen LogP contribution in [0.1, 0.15) is 17.5 Å². The molecule has 2 aromatic rings. The summed E-state index contributed by atoms with van der Waals surface area (Å²) in [4.78, 5) is 33.9. The van der Waals surface area contributed by atoms with Crippen molar-refractivity contribution < 1.29 is 19.2 Å². The van der Waals surface area contributed by atoms with E-state index in [-0.39, 0.29) is 47.5 Å². The molecular weight excluding hydrogens is 380 g/mol. The number of aryl methyl sites for hydroxylation is 1. The van der Waals surface area contributed by atoms with Crippen LogP contribution in [0.5, 0.6) is 5.75 Å². The van der Waals surface area contributed by atoms with Crippen LogP contribution >= 0.6 is 0 Å². The minimum Gasteiger partial charge on any atom is -0.497 e. The third-order valence-corrected chi connectivity index (χ3v) is 7.37. The monoisotopic (exact) mass is 402 g/mol. The summed E-state index contributed by atoms with van der Waals surface area (Å²) < 4.78 is 5.20. The molecule has 3 fully saturated rings. The first-order valence-corrected chi connectivity index (χ1v) is 10.4. The Bertz CT molecular complexity index is 1080. The molecule has 4 aliphatic rings. The number of hydrogen-bond acceptors (Lipinski definition) is 5. The molecule has 0 N–H and O–H groups in total. The number of methoxy groups -OCH3 is 1. The molecule has 0 radical (unpaired) electrons. The van der Waals surface area contributed by atoms with Gasteiger partial charge in [0.1, 0.15) is 11.9 Å². The van der Waals surface area contributed by atoms with Crippen LogP contribution in [0, 0.1) is 36.5 Å². The van der Waals surface area contributed by atoms with Gasteiger partial charge < -0.3 is 9.57 Å². The van der Waals surface area contributed by atoms with Crippen LogP contribution < -0.4 is 9.64 Å². The van der Waals surface area contributed by atoms with Crippen LogP contribution in [0.2, 0.25) is 0 Å². The van der Waals surface area contributed by atoms with Gasteiger partial charge in [-0.05, 0) is 49.1 Å². The molecule has 6 atom stereocenters. The maximum Gasteiger partial charge on any atom is 0.238 e. The topological polar surface area (TPSA) is 68.2 Å². The maximum absolute atomic E-state index is 13.4. The van der Waals surface area contributed by atoms with Crippen molar-refractivity contribution in [1.29, 1.82) is 0 Å². The first kappa shape index (κ1) is 17.7. The first-order chi connectivity index (χ1) is 14.6. The van der Waals surface area contributed by atoms with Gasteiger partial charge >= 0.3 is 0 Å². The first-order valence-electron chi connectivity index (χ1n) is 10.4. The second-order valence-electron chi connectivity index (χ2n) is 8.76. The van der Waals surface area contributed by atoms with E-state index in [0.29, 0.717) is 11.4 Å². The second-order valence-corrected chi connectivity index (χ2v) is 8.76. The number of amides is 2. The summed E-state index contributed by atoms with van der Waals surface area (Å²) in [7, 11) is 1.59. The van der Waals surface area contributed by atoms with Gasteiger partial charge in [-0.15, -0.1) is 0 Å². The number of ether oxygens (including phenoxy) is 1. The van der Waals surface area contributed by atoms with Gasteiger partial charge in [-0.1, -0.05) is 35.0 Å². The molecule has 2 amide bonds. The summed E-state index contributed by atoms with van der Waals surface area (Å²) in [6.07, 6.45) is 0.740. The molecule has 6 rings (SSSR count). The van der Waals surface area contributed by atoms with Crippen molar-refractivity contribution in [3.63, 3.8) is 0 Å². The van der Waals surface area contributed by atoms with Crippen molar-refractivity contribution in [3.8, 4) is 5.75 Å². The van der Waals surface area contributed by atoms with E-state index in [1.165, 1.54) is 10.5 Å². The standard InChI is InChI=1S/C24H22N2O4/c1-12-3-5-13(6-4-12)21-20-16-11-17(22(20)30-25-21)19-18(16)23(27)26(24(19)28)14-7-9-15(29-2)10-8-14/h3-10,16-20,22H,11H2,1-2H3/t16-,17-,18-,19-,20-,22+/m1/s1. The lowest BCUT2D eigenvalue weighted by atomic mass is 9.71. The number of oxime groups is 1. The molecular formula is C24H22N2O4. The molecule has 2 bridgehead atoms. The van der Waals surface area contributed by atoms with E-state index < -0.39 is 0 Å². The van der Waals surface area contributed by atoms with Gasteiger partial charge in [-0.3, -0.25) is 14.5 Å². The number of hydrogen-bond donors (Lipinski definition) is 0. The molecule has 152 valence electrons. The van der Waals surface area contributed by atoms with Gasteiger partial charge in [0.05, 0.1) is 30.3 Å². The fraction of sp³-hybridized carbons (Fsp3) is 0.375. The number of carbonyl (C=O) groups is 2. The summed E-state index contributed by atoms with van der Waals surface area (Å²) in [6, 6.07) is 15.4. The molecule has 1 saturated heterocycles. The molecule has 0 spiro atoms. The lowest BCUT2D eigenvalue weighted by molar-refractivity contribution is -0.125. The fourth-order valence-electron chi connectivity index (χ4n) is 6.07. The Hall–Kier alpha value is -3.15. The lowest BCUT2D eigenvalue weighted by Gasteiger charge is -2.29. The van der Waals surface area contributed by atoms with Crippen LogP contribution in [-0.4, -0.2) is 30.7 Å². The van der Waals surface area contributed by atoms with E-state index in [0.717, 1.165) is 17.7 Å². The molecule has 2 heterocycles. The molecule has 6 heteroatoms. The van der Waals surface area contributed by atoms with E-state index in [9.17, 15) is 9.59 Å². The van der Waals surface area contributed by atoms with E-state index in [4.69, 9.17) is 9.57 Å². The van der Waals surface area contributed by atoms with Crippen molar-refractivity contribution in [1.82, 2.24) is 0 Å². The van der Waals surface area contributed by atoms with Crippen LogP contribution in [0.15, 0.2) is 53.7 Å². The molecule has 2 saturated carbocycles. The quantitative estimate of drug-likeness (QED) is 0.740. The van der Waals surface area contributed by atoms with Gasteiger partial charge in [0.15, 0.2) is 0 Å². The molecule has 0 aromatic heterocycles. The Morgan fingerprint density at radius 3 is 2.27 bits per heavy atom. The number of anilines is 1. The van der Waals surface area contributed by atoms with E-state index in [1.807, 2.05) is 0 Å². The zero-order chi connectivity index (χ0) is 20.6. The Morgan fingerprint density at radius 1 is 0.933 bits per heavy atom. The molecule has 0 unspecified atom stereocenters. The molecule has 2 aliphatic carbocycles. The highest BCUT2D eigenvalue weighted by molar-refractivity contribution is 6.23. The third-order valence-electron chi connectivity index (χ3n) is 7.37. The van der Waals surface area contributed by atoms with Crippen LogP contribution in [0.4, 0.5) is 5.69 Å². The largest absolute Gasteiger partial charge is 0.497 e. The molecule has 2 aromatic carbocycles. The van der Waals surface area contributed by atoms with Crippen molar-refractivity contribution in [3.05, 3.63) is 59.7 Å². The minimum absolute atomic E-state index is 0.0383. The van der Waals surface area contributed by atoms with Gasteiger partial charge in [0.25, 0.3) is 0 Å². The number of carbonyl (C=O) groups excluding carboxylic acids is 2. The smallest absolute Gasteiger partial charge is 0.238 e. The van der Waals surface area contributed by atoms with Crippen molar-refractivity contribution >= 4 is 23.2 Å². The summed E-state index contributed by atoms with van der Waals surface area (Å²) in [5, 5.41) is 4.40. The fourth-order valence-corrected chi connectivity index (χ4v) is 6.07. The van der Waals surface area contributed by atoms with Crippen molar-refractivity contribution in [2.75, 3.05) is 12.0 Å². The minimum atomic E-state index is -0.307. The maximum atomic E-state index is 13.4. The number of imide groups is 1. The Balaban J connectivity index is 1.33. The zero-order valence-electron chi connectivity index (χ0n) is 16.8. The number of rotatable bonds is 3. The van der Waals surface area contributed by atoms with Crippen LogP contribution in [-0.2, 0) is 14.4 Å². The van der Waals surface area contributed by atoms with Gasteiger partial charge in [-0.2, -0.15) is 0 Å². The molecule has 2 aliphatic heterocycles. The average Bonchev–Trinajstić information content (AvgIpc) is 3.49. The van der Waals surface area contributed by atoms with E-state index in [1.54, 1.807) is 31.4 Å². The summed E-state index contributed by atoms with van der Waals surface area (Å²) in [6.45, 7) is 2.05.